The fourth-order valence-electron chi connectivity index (χ4n) is 1.97. The van der Waals surface area contributed by atoms with Crippen LogP contribution in [0.1, 0.15) is 11.3 Å². The number of carbonyl (C=O) groups excluding carboxylic acids is 1. The SMILES string of the molecule is Cc1c([N+](=O)[O-])ccc(=O)n1CC(=O)OCc1ccccc1. The fourth-order valence-corrected chi connectivity index (χ4v) is 1.97. The second kappa shape index (κ2) is 6.66. The van der Waals surface area contributed by atoms with Crippen LogP contribution in [0, 0.1) is 17.0 Å². The number of carbonyl (C=O) groups is 1. The maximum atomic E-state index is 11.8. The Morgan fingerprint density at radius 1 is 1.23 bits per heavy atom. The minimum Gasteiger partial charge on any atom is -0.459 e. The Kier molecular flexibility index (Phi) is 4.67. The molecule has 2 aromatic rings. The Balaban J connectivity index is 2.10. The van der Waals surface area contributed by atoms with Crippen LogP contribution in [0.4, 0.5) is 5.69 Å². The molecular weight excluding hydrogens is 288 g/mol. The van der Waals surface area contributed by atoms with Gasteiger partial charge in [-0.1, -0.05) is 30.3 Å². The molecular formula is C15H14N2O5. The third-order valence-electron chi connectivity index (χ3n) is 3.15. The molecule has 0 atom stereocenters. The van der Waals surface area contributed by atoms with Crippen molar-refractivity contribution in [2.45, 2.75) is 20.1 Å². The first-order valence-corrected chi connectivity index (χ1v) is 6.53. The van der Waals surface area contributed by atoms with Gasteiger partial charge in [0, 0.05) is 12.1 Å². The number of nitrogens with zero attached hydrogens (tertiary/aromatic N) is 2. The number of aromatic nitrogens is 1. The molecule has 1 heterocycles. The predicted octanol–water partition coefficient (Wildman–Crippen LogP) is 1.81. The van der Waals surface area contributed by atoms with E-state index in [1.54, 1.807) is 12.1 Å². The van der Waals surface area contributed by atoms with Crippen molar-refractivity contribution in [2.75, 3.05) is 0 Å². The van der Waals surface area contributed by atoms with E-state index in [0.29, 0.717) is 0 Å². The van der Waals surface area contributed by atoms with Gasteiger partial charge in [0.2, 0.25) is 0 Å². The molecule has 0 bridgehead atoms. The standard InChI is InChI=1S/C15H14N2O5/c1-11-13(17(20)21)7-8-14(18)16(11)9-15(19)22-10-12-5-3-2-4-6-12/h2-8H,9-10H2,1H3. The van der Waals surface area contributed by atoms with Gasteiger partial charge in [-0.05, 0) is 12.5 Å². The first-order valence-electron chi connectivity index (χ1n) is 6.53. The molecule has 0 amide bonds. The number of esters is 1. The smallest absolute Gasteiger partial charge is 0.326 e. The van der Waals surface area contributed by atoms with E-state index in [0.717, 1.165) is 22.3 Å². The Hall–Kier alpha value is -2.96. The van der Waals surface area contributed by atoms with Crippen LogP contribution >= 0.6 is 0 Å². The predicted molar refractivity (Wildman–Crippen MR) is 78.3 cm³/mol. The highest BCUT2D eigenvalue weighted by Crippen LogP contribution is 2.14. The largest absolute Gasteiger partial charge is 0.459 e. The van der Waals surface area contributed by atoms with Crippen LogP contribution in [-0.4, -0.2) is 15.5 Å². The van der Waals surface area contributed by atoms with E-state index in [1.165, 1.54) is 6.92 Å². The van der Waals surface area contributed by atoms with Crippen molar-refractivity contribution in [3.8, 4) is 0 Å². The number of rotatable bonds is 5. The van der Waals surface area contributed by atoms with Crippen molar-refractivity contribution in [1.82, 2.24) is 4.57 Å². The van der Waals surface area contributed by atoms with Gasteiger partial charge in [-0.15, -0.1) is 0 Å². The molecule has 0 radical (unpaired) electrons. The summed E-state index contributed by atoms with van der Waals surface area (Å²) in [5.74, 6) is -0.630. The summed E-state index contributed by atoms with van der Waals surface area (Å²) in [5.41, 5.74) is 0.239. The topological polar surface area (TPSA) is 91.4 Å². The number of hydrogen-bond donors (Lipinski definition) is 0. The number of pyridine rings is 1. The fraction of sp³-hybridized carbons (Fsp3) is 0.200. The molecule has 1 aromatic heterocycles. The zero-order chi connectivity index (χ0) is 16.1. The van der Waals surface area contributed by atoms with E-state index >= 15 is 0 Å². The van der Waals surface area contributed by atoms with Crippen molar-refractivity contribution < 1.29 is 14.5 Å². The minimum absolute atomic E-state index is 0.0857. The third-order valence-corrected chi connectivity index (χ3v) is 3.15. The molecule has 1 aromatic carbocycles. The number of nitro groups is 1. The summed E-state index contributed by atoms with van der Waals surface area (Å²) in [4.78, 5) is 33.8. The van der Waals surface area contributed by atoms with Crippen LogP contribution in [-0.2, 0) is 22.7 Å². The molecule has 0 aliphatic rings. The molecule has 0 aliphatic carbocycles. The van der Waals surface area contributed by atoms with E-state index in [2.05, 4.69) is 0 Å². The van der Waals surface area contributed by atoms with Gasteiger partial charge in [0.05, 0.1) is 10.6 Å². The maximum absolute atomic E-state index is 11.8. The molecule has 0 spiro atoms. The van der Waals surface area contributed by atoms with Gasteiger partial charge in [-0.3, -0.25) is 24.3 Å². The van der Waals surface area contributed by atoms with Gasteiger partial charge in [0.1, 0.15) is 13.2 Å². The summed E-state index contributed by atoms with van der Waals surface area (Å²) < 4.78 is 6.11. The Morgan fingerprint density at radius 3 is 2.55 bits per heavy atom. The number of hydrogen-bond acceptors (Lipinski definition) is 5. The van der Waals surface area contributed by atoms with Gasteiger partial charge < -0.3 is 4.74 Å². The minimum atomic E-state index is -0.630. The van der Waals surface area contributed by atoms with Gasteiger partial charge >= 0.3 is 5.97 Å². The molecule has 22 heavy (non-hydrogen) atoms. The van der Waals surface area contributed by atoms with E-state index in [4.69, 9.17) is 4.74 Å². The van der Waals surface area contributed by atoms with Crippen LogP contribution < -0.4 is 5.56 Å². The number of ether oxygens (including phenoxy) is 1. The van der Waals surface area contributed by atoms with Gasteiger partial charge in [0.25, 0.3) is 11.2 Å². The first-order chi connectivity index (χ1) is 10.5. The molecule has 0 aliphatic heterocycles. The van der Waals surface area contributed by atoms with Crippen molar-refractivity contribution in [3.05, 3.63) is 74.2 Å². The highest BCUT2D eigenvalue weighted by molar-refractivity contribution is 5.69. The van der Waals surface area contributed by atoms with Crippen LogP contribution in [0.3, 0.4) is 0 Å². The zero-order valence-electron chi connectivity index (χ0n) is 11.9. The lowest BCUT2D eigenvalue weighted by Gasteiger charge is -2.10. The Labute approximate surface area is 125 Å². The van der Waals surface area contributed by atoms with Crippen LogP contribution in [0.5, 0.6) is 0 Å². The summed E-state index contributed by atoms with van der Waals surface area (Å²) in [6.45, 7) is 1.14. The van der Waals surface area contributed by atoms with E-state index in [9.17, 15) is 19.7 Å². The van der Waals surface area contributed by atoms with Crippen molar-refractivity contribution in [3.63, 3.8) is 0 Å². The molecule has 0 N–H and O–H groups in total. The third kappa shape index (κ3) is 3.57. The van der Waals surface area contributed by atoms with Crippen LogP contribution in [0.2, 0.25) is 0 Å². The normalized spacial score (nSPS) is 10.2. The van der Waals surface area contributed by atoms with Gasteiger partial charge in [0.15, 0.2) is 0 Å². The average Bonchev–Trinajstić information content (AvgIpc) is 2.50. The average molecular weight is 302 g/mol. The molecule has 2 rings (SSSR count). The molecule has 7 heteroatoms. The van der Waals surface area contributed by atoms with E-state index in [-0.39, 0.29) is 24.5 Å². The lowest BCUT2D eigenvalue weighted by molar-refractivity contribution is -0.386. The van der Waals surface area contributed by atoms with Crippen molar-refractivity contribution in [1.29, 1.82) is 0 Å². The zero-order valence-corrected chi connectivity index (χ0v) is 11.9. The summed E-state index contributed by atoms with van der Waals surface area (Å²) in [5, 5.41) is 10.9. The highest BCUT2D eigenvalue weighted by atomic mass is 16.6. The second-order valence-electron chi connectivity index (χ2n) is 4.63. The van der Waals surface area contributed by atoms with Gasteiger partial charge in [-0.2, -0.15) is 0 Å². The van der Waals surface area contributed by atoms with E-state index < -0.39 is 16.5 Å². The highest BCUT2D eigenvalue weighted by Gasteiger charge is 2.17. The lowest BCUT2D eigenvalue weighted by Crippen LogP contribution is -2.27. The van der Waals surface area contributed by atoms with Crippen LogP contribution in [0.25, 0.3) is 0 Å². The molecule has 114 valence electrons. The molecule has 0 saturated heterocycles. The van der Waals surface area contributed by atoms with Crippen LogP contribution in [0.15, 0.2) is 47.3 Å². The molecule has 0 fully saturated rings. The second-order valence-corrected chi connectivity index (χ2v) is 4.63. The monoisotopic (exact) mass is 302 g/mol. The summed E-state index contributed by atoms with van der Waals surface area (Å²) in [7, 11) is 0. The van der Waals surface area contributed by atoms with Crippen molar-refractivity contribution >= 4 is 11.7 Å². The summed E-state index contributed by atoms with van der Waals surface area (Å²) in [6.07, 6.45) is 0. The lowest BCUT2D eigenvalue weighted by atomic mass is 10.2. The quantitative estimate of drug-likeness (QED) is 0.477. The Morgan fingerprint density at radius 2 is 1.91 bits per heavy atom. The first kappa shape index (κ1) is 15.4. The molecule has 0 unspecified atom stereocenters. The molecule has 0 saturated carbocycles. The van der Waals surface area contributed by atoms with Gasteiger partial charge in [-0.25, -0.2) is 0 Å². The molecule has 7 nitrogen and oxygen atoms in total. The van der Waals surface area contributed by atoms with E-state index in [1.807, 2.05) is 18.2 Å². The Bertz CT molecular complexity index is 752. The maximum Gasteiger partial charge on any atom is 0.326 e. The summed E-state index contributed by atoms with van der Waals surface area (Å²) in [6, 6.07) is 11.3. The summed E-state index contributed by atoms with van der Waals surface area (Å²) >= 11 is 0. The number of benzene rings is 1. The van der Waals surface area contributed by atoms with Crippen molar-refractivity contribution in [2.24, 2.45) is 0 Å².